The zero-order valence-electron chi connectivity index (χ0n) is 25.1. The summed E-state index contributed by atoms with van der Waals surface area (Å²) < 4.78 is 68.3. The number of rotatable bonds is 8. The van der Waals surface area contributed by atoms with Crippen molar-refractivity contribution in [3.8, 4) is 5.75 Å². The number of nitrogens with one attached hydrogen (secondary N) is 1. The molecule has 0 saturated carbocycles. The maximum Gasteiger partial charge on any atom is 0.296 e. The average molecular weight is 713 g/mol. The monoisotopic (exact) mass is 712 g/mol. The number of aryl methyl sites for hydroxylation is 3. The van der Waals surface area contributed by atoms with Gasteiger partial charge in [-0.3, -0.25) is 9.11 Å². The Morgan fingerprint density at radius 2 is 1.42 bits per heavy atom. The molecule has 1 heterocycles. The molecule has 0 radical (unpaired) electrons. The summed E-state index contributed by atoms with van der Waals surface area (Å²) in [5.41, 5.74) is 13.2. The highest BCUT2D eigenvalue weighted by Crippen LogP contribution is 2.47. The first kappa shape index (κ1) is 34.0. The Morgan fingerprint density at radius 3 is 2.08 bits per heavy atom. The number of nitrogen functional groups attached to an aromatic ring is 2. The molecule has 0 fully saturated rings. The number of benzene rings is 4. The number of hydrogen-bond acceptors (Lipinski definition) is 15. The SMILES string of the molecule is Cc1ccc(S(=O)(=O)O)c(N=Nc2c(C)cc3cc(S(=O)(=O)O)c(N=Nc4cc(Nc5nc(N)nc(Cl)n5)ccc4C)c(O)c3c2N)c1. The van der Waals surface area contributed by atoms with Crippen LogP contribution in [0.25, 0.3) is 10.8 Å². The highest BCUT2D eigenvalue weighted by Gasteiger charge is 2.25. The van der Waals surface area contributed by atoms with E-state index in [0.29, 0.717) is 22.4 Å². The minimum atomic E-state index is -4.96. The van der Waals surface area contributed by atoms with E-state index in [4.69, 9.17) is 23.1 Å². The zero-order valence-corrected chi connectivity index (χ0v) is 27.5. The van der Waals surface area contributed by atoms with Crippen LogP contribution in [0.1, 0.15) is 16.7 Å². The van der Waals surface area contributed by atoms with Crippen molar-refractivity contribution in [1.82, 2.24) is 15.0 Å². The molecule has 5 rings (SSSR count). The summed E-state index contributed by atoms with van der Waals surface area (Å²) in [6.07, 6.45) is 0. The van der Waals surface area contributed by atoms with Gasteiger partial charge in [0.1, 0.15) is 26.9 Å². The maximum atomic E-state index is 12.4. The number of nitrogens with zero attached hydrogens (tertiary/aromatic N) is 7. The van der Waals surface area contributed by atoms with E-state index < -0.39 is 41.5 Å². The molecule has 17 nitrogen and oxygen atoms in total. The molecule has 20 heteroatoms. The van der Waals surface area contributed by atoms with Crippen molar-refractivity contribution in [3.63, 3.8) is 0 Å². The van der Waals surface area contributed by atoms with E-state index >= 15 is 0 Å². The number of phenolic OH excluding ortho intramolecular Hbond substituents is 1. The fraction of sp³-hybridized carbons (Fsp3) is 0.107. The van der Waals surface area contributed by atoms with Crippen molar-refractivity contribution in [1.29, 1.82) is 0 Å². The fourth-order valence-corrected chi connectivity index (χ4v) is 6.01. The third-order valence-corrected chi connectivity index (χ3v) is 8.75. The highest BCUT2D eigenvalue weighted by atomic mass is 35.5. The number of nitrogens with two attached hydrogens (primary N) is 2. The second kappa shape index (κ2) is 12.7. The van der Waals surface area contributed by atoms with Crippen LogP contribution in [0.5, 0.6) is 5.75 Å². The summed E-state index contributed by atoms with van der Waals surface area (Å²) in [5, 5.41) is 30.3. The molecule has 5 aromatic rings. The van der Waals surface area contributed by atoms with Crippen LogP contribution in [0.15, 0.2) is 78.8 Å². The van der Waals surface area contributed by atoms with Crippen LogP contribution in [0.3, 0.4) is 0 Å². The molecule has 48 heavy (non-hydrogen) atoms. The number of phenols is 1. The Hall–Kier alpha value is -5.34. The van der Waals surface area contributed by atoms with Gasteiger partial charge in [0.05, 0.1) is 16.8 Å². The number of halogens is 1. The average Bonchev–Trinajstić information content (AvgIpc) is 2.96. The molecular weight excluding hydrogens is 688 g/mol. The largest absolute Gasteiger partial charge is 0.505 e. The van der Waals surface area contributed by atoms with Gasteiger partial charge >= 0.3 is 0 Å². The second-order valence-corrected chi connectivity index (χ2v) is 13.5. The lowest BCUT2D eigenvalue weighted by atomic mass is 10.0. The van der Waals surface area contributed by atoms with E-state index in [1.807, 2.05) is 0 Å². The summed E-state index contributed by atoms with van der Waals surface area (Å²) in [6, 6.07) is 11.3. The van der Waals surface area contributed by atoms with Crippen molar-refractivity contribution < 1.29 is 31.0 Å². The number of aromatic nitrogens is 3. The second-order valence-electron chi connectivity index (χ2n) is 10.4. The van der Waals surface area contributed by atoms with Gasteiger partial charge < -0.3 is 21.9 Å². The predicted molar refractivity (Wildman–Crippen MR) is 178 cm³/mol. The van der Waals surface area contributed by atoms with Gasteiger partial charge in [-0.05, 0) is 90.8 Å². The molecule has 0 atom stereocenters. The number of aromatic hydroxyl groups is 1. The van der Waals surface area contributed by atoms with Gasteiger partial charge in [0.15, 0.2) is 5.75 Å². The Balaban J connectivity index is 1.63. The van der Waals surface area contributed by atoms with Gasteiger partial charge in [0.25, 0.3) is 20.2 Å². The number of anilines is 4. The Morgan fingerprint density at radius 1 is 0.750 bits per heavy atom. The minimum absolute atomic E-state index is 0.00298. The van der Waals surface area contributed by atoms with Crippen LogP contribution in [-0.2, 0) is 20.2 Å². The first-order chi connectivity index (χ1) is 22.4. The molecule has 0 saturated heterocycles. The molecule has 1 aromatic heterocycles. The molecule has 0 unspecified atom stereocenters. The van der Waals surface area contributed by atoms with Crippen LogP contribution in [0.2, 0.25) is 5.28 Å². The van der Waals surface area contributed by atoms with Crippen LogP contribution < -0.4 is 16.8 Å². The first-order valence-electron chi connectivity index (χ1n) is 13.4. The molecule has 4 aromatic carbocycles. The number of hydrogen-bond donors (Lipinski definition) is 6. The Kier molecular flexibility index (Phi) is 8.99. The van der Waals surface area contributed by atoms with Gasteiger partial charge in [0.2, 0.25) is 17.2 Å². The lowest BCUT2D eigenvalue weighted by Gasteiger charge is -2.14. The summed E-state index contributed by atoms with van der Waals surface area (Å²) in [4.78, 5) is 10.3. The Labute approximate surface area is 278 Å². The van der Waals surface area contributed by atoms with E-state index in [0.717, 1.165) is 6.07 Å². The fourth-order valence-electron chi connectivity index (χ4n) is 4.59. The third kappa shape index (κ3) is 7.14. The van der Waals surface area contributed by atoms with Gasteiger partial charge in [-0.15, -0.1) is 15.3 Å². The molecule has 0 aliphatic carbocycles. The van der Waals surface area contributed by atoms with Gasteiger partial charge in [0, 0.05) is 5.69 Å². The molecular formula is C28H25ClN10O7S2. The van der Waals surface area contributed by atoms with E-state index in [-0.39, 0.29) is 50.7 Å². The molecule has 0 spiro atoms. The highest BCUT2D eigenvalue weighted by molar-refractivity contribution is 7.86. The maximum absolute atomic E-state index is 12.4. The van der Waals surface area contributed by atoms with Gasteiger partial charge in [-0.1, -0.05) is 12.1 Å². The van der Waals surface area contributed by atoms with Crippen molar-refractivity contribution in [2.45, 2.75) is 30.6 Å². The van der Waals surface area contributed by atoms with Gasteiger partial charge in [-0.25, -0.2) is 0 Å². The van der Waals surface area contributed by atoms with Crippen LogP contribution in [0, 0.1) is 20.8 Å². The molecule has 0 amide bonds. The van der Waals surface area contributed by atoms with E-state index in [2.05, 4.69) is 40.7 Å². The van der Waals surface area contributed by atoms with Crippen LogP contribution in [0.4, 0.5) is 46.0 Å². The molecule has 8 N–H and O–H groups in total. The molecule has 0 aliphatic heterocycles. The smallest absolute Gasteiger partial charge is 0.296 e. The summed E-state index contributed by atoms with van der Waals surface area (Å²) in [5.74, 6) is -0.837. The molecule has 0 bridgehead atoms. The minimum Gasteiger partial charge on any atom is -0.505 e. The third-order valence-electron chi connectivity index (χ3n) is 6.82. The number of azo groups is 2. The predicted octanol–water partition coefficient (Wildman–Crippen LogP) is 6.54. The standard InChI is InChI=1S/C28H25ClN10O7S2/c1-12-4-7-19(47(41,42)43)18(8-12)37-38-23-14(3)9-15-10-20(48(44,45)46)24(25(40)21(15)22(23)30)39-36-17-11-16(6-5-13(17)2)32-28-34-26(29)33-27(31)35-28/h4-11,40H,30H2,1-3H3,(H,41,42,43)(H,44,45,46)(H3,31,32,33,34,35). The van der Waals surface area contributed by atoms with Crippen molar-refractivity contribution in [3.05, 3.63) is 70.5 Å². The topological polar surface area (TPSA) is 281 Å². The summed E-state index contributed by atoms with van der Waals surface area (Å²) >= 11 is 5.84. The lowest BCUT2D eigenvalue weighted by molar-refractivity contribution is 0.472. The van der Waals surface area contributed by atoms with Gasteiger partial charge in [-0.2, -0.15) is 36.9 Å². The normalized spacial score (nSPS) is 12.4. The molecule has 248 valence electrons. The lowest BCUT2D eigenvalue weighted by Crippen LogP contribution is -2.03. The zero-order chi connectivity index (χ0) is 35.1. The summed E-state index contributed by atoms with van der Waals surface area (Å²) in [6.45, 7) is 4.93. The van der Waals surface area contributed by atoms with Crippen molar-refractivity contribution in [2.24, 2.45) is 20.5 Å². The van der Waals surface area contributed by atoms with E-state index in [1.54, 1.807) is 32.9 Å². The number of fused-ring (bicyclic) bond motifs is 1. The quantitative estimate of drug-likeness (QED) is 0.0566. The van der Waals surface area contributed by atoms with E-state index in [9.17, 15) is 31.0 Å². The Bertz CT molecular complexity index is 2400. The molecule has 0 aliphatic rings. The van der Waals surface area contributed by atoms with Crippen LogP contribution in [-0.4, -0.2) is 46.0 Å². The van der Waals surface area contributed by atoms with Crippen LogP contribution >= 0.6 is 11.6 Å². The summed E-state index contributed by atoms with van der Waals surface area (Å²) in [7, 11) is -9.61. The first-order valence-corrected chi connectivity index (χ1v) is 16.7. The van der Waals surface area contributed by atoms with Crippen molar-refractivity contribution in [2.75, 3.05) is 16.8 Å². The van der Waals surface area contributed by atoms with E-state index in [1.165, 1.54) is 30.3 Å². The van der Waals surface area contributed by atoms with Crippen molar-refractivity contribution >= 4 is 88.6 Å².